The Labute approximate surface area is 165 Å². The lowest BCUT2D eigenvalue weighted by Gasteiger charge is -2.23. The number of halogens is 1. The summed E-state index contributed by atoms with van der Waals surface area (Å²) in [4.78, 5) is 24.9. The van der Waals surface area contributed by atoms with Crippen LogP contribution in [0.1, 0.15) is 12.8 Å². The van der Waals surface area contributed by atoms with Crippen molar-refractivity contribution in [1.29, 1.82) is 0 Å². The zero-order chi connectivity index (χ0) is 18.5. The van der Waals surface area contributed by atoms with Crippen molar-refractivity contribution in [1.82, 2.24) is 0 Å². The van der Waals surface area contributed by atoms with Crippen molar-refractivity contribution in [3.8, 4) is 11.5 Å². The molecule has 2 saturated carbocycles. The van der Waals surface area contributed by atoms with Crippen LogP contribution in [0.3, 0.4) is 0 Å². The van der Waals surface area contributed by atoms with E-state index in [1.54, 1.807) is 0 Å². The van der Waals surface area contributed by atoms with Crippen LogP contribution >= 0.6 is 15.9 Å². The van der Waals surface area contributed by atoms with E-state index in [4.69, 9.17) is 9.47 Å². The first kappa shape index (κ1) is 16.8. The lowest BCUT2D eigenvalue weighted by Crippen LogP contribution is -2.35. The molecule has 6 heteroatoms. The van der Waals surface area contributed by atoms with E-state index in [0.717, 1.165) is 23.1 Å². The average Bonchev–Trinajstić information content (AvgIpc) is 3.27. The molecule has 0 spiro atoms. The van der Waals surface area contributed by atoms with Crippen LogP contribution in [0.15, 0.2) is 53.0 Å². The summed E-state index contributed by atoms with van der Waals surface area (Å²) < 4.78 is 12.2. The lowest BCUT2D eigenvalue weighted by atomic mass is 9.79. The highest BCUT2D eigenvalue weighted by Crippen LogP contribution is 2.57. The molecule has 1 N–H and O–H groups in total. The fraction of sp³-hybridized carbons (Fsp3) is 0.333. The van der Waals surface area contributed by atoms with Crippen LogP contribution in [0.25, 0.3) is 0 Å². The fourth-order valence-electron chi connectivity index (χ4n) is 4.83. The summed E-state index contributed by atoms with van der Waals surface area (Å²) in [6, 6.07) is 14.8. The second-order valence-electron chi connectivity index (χ2n) is 7.49. The third-order valence-corrected chi connectivity index (χ3v) is 6.49. The number of hydrogen-bond donors (Lipinski definition) is 1. The van der Waals surface area contributed by atoms with E-state index >= 15 is 0 Å². The zero-order valence-electron chi connectivity index (χ0n) is 14.4. The second kappa shape index (κ2) is 6.37. The summed E-state index contributed by atoms with van der Waals surface area (Å²) in [5, 5.41) is 2.96. The summed E-state index contributed by atoms with van der Waals surface area (Å²) in [6.45, 7) is 0. The Morgan fingerprint density at radius 3 is 2.41 bits per heavy atom. The maximum Gasteiger partial charge on any atom is 0.310 e. The van der Waals surface area contributed by atoms with Crippen LogP contribution in [0.5, 0.6) is 11.5 Å². The Hall–Kier alpha value is -2.34. The molecule has 0 unspecified atom stereocenters. The Morgan fingerprint density at radius 1 is 1.04 bits per heavy atom. The molecule has 5 rings (SSSR count). The molecule has 1 amide bonds. The maximum atomic E-state index is 12.8. The molecule has 0 aromatic heterocycles. The van der Waals surface area contributed by atoms with Crippen LogP contribution in [-0.2, 0) is 14.3 Å². The highest BCUT2D eigenvalue weighted by molar-refractivity contribution is 9.10. The van der Waals surface area contributed by atoms with E-state index in [0.29, 0.717) is 11.4 Å². The van der Waals surface area contributed by atoms with Gasteiger partial charge in [0.25, 0.3) is 0 Å². The largest absolute Gasteiger partial charge is 0.462 e. The number of anilines is 1. The first-order valence-electron chi connectivity index (χ1n) is 9.13. The SMILES string of the molecule is O=C1O[C@H]2C[C@@H]3C[C@H]2[C@@H]1[C@H]3C(=O)Nc1ccc(Oc2ccc(Br)cc2)cc1. The predicted octanol–water partition coefficient (Wildman–Crippen LogP) is 4.38. The fourth-order valence-corrected chi connectivity index (χ4v) is 5.10. The van der Waals surface area contributed by atoms with E-state index in [2.05, 4.69) is 21.2 Å². The van der Waals surface area contributed by atoms with Crippen molar-refractivity contribution < 1.29 is 19.1 Å². The second-order valence-corrected chi connectivity index (χ2v) is 8.41. The van der Waals surface area contributed by atoms with Crippen molar-refractivity contribution >= 4 is 33.5 Å². The number of carbonyl (C=O) groups excluding carboxylic acids is 2. The molecule has 0 radical (unpaired) electrons. The molecule has 2 aliphatic carbocycles. The van der Waals surface area contributed by atoms with Gasteiger partial charge in [-0.2, -0.15) is 0 Å². The number of esters is 1. The number of benzene rings is 2. The van der Waals surface area contributed by atoms with Gasteiger partial charge in [-0.1, -0.05) is 15.9 Å². The molecule has 1 heterocycles. The van der Waals surface area contributed by atoms with Gasteiger partial charge in [0.15, 0.2) is 0 Å². The summed E-state index contributed by atoms with van der Waals surface area (Å²) in [5.41, 5.74) is 0.703. The number of fused-ring (bicyclic) bond motifs is 1. The molecular weight excluding hydrogens is 410 g/mol. The predicted molar refractivity (Wildman–Crippen MR) is 102 cm³/mol. The Bertz CT molecular complexity index is 893. The minimum Gasteiger partial charge on any atom is -0.462 e. The van der Waals surface area contributed by atoms with Crippen molar-refractivity contribution in [2.75, 3.05) is 5.32 Å². The van der Waals surface area contributed by atoms with Gasteiger partial charge in [0.2, 0.25) is 5.91 Å². The first-order chi connectivity index (χ1) is 13.1. The van der Waals surface area contributed by atoms with E-state index in [9.17, 15) is 9.59 Å². The summed E-state index contributed by atoms with van der Waals surface area (Å²) in [7, 11) is 0. The van der Waals surface area contributed by atoms with Crippen LogP contribution < -0.4 is 10.1 Å². The van der Waals surface area contributed by atoms with Crippen molar-refractivity contribution in [2.24, 2.45) is 23.7 Å². The van der Waals surface area contributed by atoms with Crippen molar-refractivity contribution in [3.05, 3.63) is 53.0 Å². The number of hydrogen-bond acceptors (Lipinski definition) is 4. The van der Waals surface area contributed by atoms with Gasteiger partial charge in [-0.25, -0.2) is 0 Å². The molecule has 2 bridgehead atoms. The van der Waals surface area contributed by atoms with Gasteiger partial charge in [-0.05, 0) is 67.3 Å². The van der Waals surface area contributed by atoms with Crippen LogP contribution in [0, 0.1) is 23.7 Å². The normalized spacial score (nSPS) is 30.3. The number of amides is 1. The van der Waals surface area contributed by atoms with Crippen LogP contribution in [0.2, 0.25) is 0 Å². The molecular formula is C21H18BrNO4. The third-order valence-electron chi connectivity index (χ3n) is 5.96. The molecule has 2 aromatic rings. The van der Waals surface area contributed by atoms with E-state index in [1.807, 2.05) is 48.5 Å². The number of nitrogens with one attached hydrogen (secondary N) is 1. The summed E-state index contributed by atoms with van der Waals surface area (Å²) >= 11 is 3.39. The minimum atomic E-state index is -0.264. The van der Waals surface area contributed by atoms with Gasteiger partial charge in [-0.3, -0.25) is 9.59 Å². The highest BCUT2D eigenvalue weighted by atomic mass is 79.9. The topological polar surface area (TPSA) is 64.6 Å². The molecule has 3 aliphatic rings. The minimum absolute atomic E-state index is 0.0478. The molecule has 27 heavy (non-hydrogen) atoms. The number of ether oxygens (including phenoxy) is 2. The average molecular weight is 428 g/mol. The van der Waals surface area contributed by atoms with Gasteiger partial charge in [0, 0.05) is 16.1 Å². The standard InChI is InChI=1S/C21H18BrNO4/c22-12-1-5-14(6-2-12)26-15-7-3-13(4-8-15)23-20(24)18-11-9-16-17(10-11)27-21(25)19(16)18/h1-8,11,16-19H,9-10H2,(H,23,24)/t11-,16+,17-,18-,19+/m0/s1. The molecule has 138 valence electrons. The van der Waals surface area contributed by atoms with Gasteiger partial charge in [0.1, 0.15) is 17.6 Å². The smallest absolute Gasteiger partial charge is 0.310 e. The molecule has 5 atom stereocenters. The van der Waals surface area contributed by atoms with Gasteiger partial charge in [0.05, 0.1) is 11.8 Å². The number of carbonyl (C=O) groups is 2. The van der Waals surface area contributed by atoms with Crippen LogP contribution in [-0.4, -0.2) is 18.0 Å². The lowest BCUT2D eigenvalue weighted by molar-refractivity contribution is -0.145. The molecule has 1 aliphatic heterocycles. The quantitative estimate of drug-likeness (QED) is 0.735. The molecule has 2 aromatic carbocycles. The maximum absolute atomic E-state index is 12.8. The first-order valence-corrected chi connectivity index (χ1v) is 9.92. The Balaban J connectivity index is 1.25. The molecule has 1 saturated heterocycles. The molecule has 5 nitrogen and oxygen atoms in total. The van der Waals surface area contributed by atoms with Gasteiger partial charge >= 0.3 is 5.97 Å². The number of rotatable bonds is 4. The summed E-state index contributed by atoms with van der Waals surface area (Å²) in [6.07, 6.45) is 1.80. The van der Waals surface area contributed by atoms with E-state index < -0.39 is 0 Å². The monoisotopic (exact) mass is 427 g/mol. The third kappa shape index (κ3) is 2.92. The Morgan fingerprint density at radius 2 is 1.70 bits per heavy atom. The van der Waals surface area contributed by atoms with E-state index in [-0.39, 0.29) is 41.7 Å². The van der Waals surface area contributed by atoms with Gasteiger partial charge < -0.3 is 14.8 Å². The van der Waals surface area contributed by atoms with Crippen molar-refractivity contribution in [2.45, 2.75) is 18.9 Å². The zero-order valence-corrected chi connectivity index (χ0v) is 16.0. The van der Waals surface area contributed by atoms with Crippen LogP contribution in [0.4, 0.5) is 5.69 Å². The van der Waals surface area contributed by atoms with Gasteiger partial charge in [-0.15, -0.1) is 0 Å². The summed E-state index contributed by atoms with van der Waals surface area (Å²) in [5.74, 6) is 1.14. The van der Waals surface area contributed by atoms with E-state index in [1.165, 1.54) is 0 Å². The Kier molecular flexibility index (Phi) is 3.97. The molecule has 3 fully saturated rings. The highest BCUT2D eigenvalue weighted by Gasteiger charge is 2.63. The van der Waals surface area contributed by atoms with Crippen molar-refractivity contribution in [3.63, 3.8) is 0 Å².